The lowest BCUT2D eigenvalue weighted by Crippen LogP contribution is -2.25. The molecule has 1 rings (SSSR count). The highest BCUT2D eigenvalue weighted by molar-refractivity contribution is 8.14. The van der Waals surface area contributed by atoms with Crippen LogP contribution in [0, 0.1) is 13.8 Å². The van der Waals surface area contributed by atoms with Crippen molar-refractivity contribution in [3.05, 3.63) is 23.0 Å². The lowest BCUT2D eigenvalue weighted by Gasteiger charge is -2.11. The lowest BCUT2D eigenvalue weighted by molar-refractivity contribution is -0.301. The van der Waals surface area contributed by atoms with Crippen LogP contribution in [0.2, 0.25) is 0 Å². The average Bonchev–Trinajstić information content (AvgIpc) is 2.39. The van der Waals surface area contributed by atoms with Crippen LogP contribution >= 0.6 is 11.8 Å². The highest BCUT2D eigenvalue weighted by Crippen LogP contribution is 2.20. The van der Waals surface area contributed by atoms with E-state index in [1.165, 1.54) is 6.07 Å². The molecule has 1 amide bonds. The third-order valence-electron chi connectivity index (χ3n) is 2.46. The predicted molar refractivity (Wildman–Crippen MR) is 76.2 cm³/mol. The van der Waals surface area contributed by atoms with Crippen LogP contribution in [0.15, 0.2) is 6.07 Å². The molecule has 21 heavy (non-hydrogen) atoms. The molecule has 0 saturated heterocycles. The molecule has 1 heterocycles. The Hall–Kier alpha value is -2.09. The molecule has 0 aromatic carbocycles. The number of carbonyl (C=O) groups excluding carboxylic acids is 3. The molecule has 0 fully saturated rings. The van der Waals surface area contributed by atoms with Crippen LogP contribution in [0.4, 0.5) is 10.5 Å². The van der Waals surface area contributed by atoms with Gasteiger partial charge in [-0.2, -0.15) is 0 Å². The zero-order valence-corrected chi connectivity index (χ0v) is 12.7. The van der Waals surface area contributed by atoms with Crippen molar-refractivity contribution >= 4 is 34.6 Å². The van der Waals surface area contributed by atoms with Gasteiger partial charge in [-0.15, -0.1) is 0 Å². The third-order valence-corrected chi connectivity index (χ3v) is 3.20. The van der Waals surface area contributed by atoms with E-state index in [9.17, 15) is 19.5 Å². The average molecular weight is 311 g/mol. The number of nitrogens with one attached hydrogen (secondary N) is 1. The minimum absolute atomic E-state index is 0.231. The molecular weight excluding hydrogens is 296 g/mol. The van der Waals surface area contributed by atoms with E-state index in [2.05, 4.69) is 10.3 Å². The standard InChI is InChI=1S/C13H16N2O5S/c1-4-20-12(18)9-5-10(8(3)14-7(9)2)15-13(19)21-6-11(16)17/h5H,4,6H2,1-3H3,(H,15,19)(H,16,17)/p-1. The van der Waals surface area contributed by atoms with Gasteiger partial charge in [-0.3, -0.25) is 9.78 Å². The lowest BCUT2D eigenvalue weighted by atomic mass is 10.1. The summed E-state index contributed by atoms with van der Waals surface area (Å²) in [5.41, 5.74) is 1.59. The Bertz CT molecular complexity index is 574. The fraction of sp³-hybridized carbons (Fsp3) is 0.385. The molecule has 1 aromatic heterocycles. The van der Waals surface area contributed by atoms with Crippen LogP contribution in [0.1, 0.15) is 28.7 Å². The molecule has 0 spiro atoms. The Labute approximate surface area is 126 Å². The second-order valence-corrected chi connectivity index (χ2v) is 5.00. The Balaban J connectivity index is 2.92. The highest BCUT2D eigenvalue weighted by Gasteiger charge is 2.15. The number of thioether (sulfide) groups is 1. The quantitative estimate of drug-likeness (QED) is 0.804. The Morgan fingerprint density at radius 3 is 2.57 bits per heavy atom. The maximum absolute atomic E-state index is 11.8. The first-order valence-corrected chi connectivity index (χ1v) is 7.12. The number of carboxylic acids is 1. The smallest absolute Gasteiger partial charge is 0.340 e. The van der Waals surface area contributed by atoms with Gasteiger partial charge >= 0.3 is 5.97 Å². The van der Waals surface area contributed by atoms with Crippen molar-refractivity contribution in [1.82, 2.24) is 4.98 Å². The van der Waals surface area contributed by atoms with Gasteiger partial charge < -0.3 is 20.0 Å². The summed E-state index contributed by atoms with van der Waals surface area (Å²) >= 11 is 0.561. The number of rotatable bonds is 5. The number of nitrogens with zero attached hydrogens (tertiary/aromatic N) is 1. The van der Waals surface area contributed by atoms with Crippen LogP contribution in [0.5, 0.6) is 0 Å². The molecule has 1 aromatic rings. The van der Waals surface area contributed by atoms with Crippen LogP contribution in [0.25, 0.3) is 0 Å². The second-order valence-electron chi connectivity index (χ2n) is 4.05. The van der Waals surface area contributed by atoms with Crippen LogP contribution in [-0.2, 0) is 9.53 Å². The highest BCUT2D eigenvalue weighted by atomic mass is 32.2. The Kier molecular flexibility index (Phi) is 6.16. The van der Waals surface area contributed by atoms with E-state index in [0.717, 1.165) is 0 Å². The van der Waals surface area contributed by atoms with Crippen LogP contribution < -0.4 is 10.4 Å². The minimum Gasteiger partial charge on any atom is -0.549 e. The number of carboxylic acid groups (broad SMARTS) is 1. The van der Waals surface area contributed by atoms with Gasteiger partial charge in [0.05, 0.1) is 35.2 Å². The summed E-state index contributed by atoms with van der Waals surface area (Å²) in [5, 5.41) is 12.2. The number of aromatic nitrogens is 1. The number of amides is 1. The van der Waals surface area contributed by atoms with E-state index < -0.39 is 22.9 Å². The number of pyridine rings is 1. The van der Waals surface area contributed by atoms with Crippen molar-refractivity contribution in [2.75, 3.05) is 17.7 Å². The molecular formula is C13H15N2O5S-. The van der Waals surface area contributed by atoms with Gasteiger partial charge in [-0.1, -0.05) is 11.8 Å². The SMILES string of the molecule is CCOC(=O)c1cc(NC(=O)SCC(=O)[O-])c(C)nc1C. The number of aliphatic carboxylic acids is 1. The zero-order valence-electron chi connectivity index (χ0n) is 11.9. The molecule has 0 radical (unpaired) electrons. The van der Waals surface area contributed by atoms with Crippen molar-refractivity contribution in [1.29, 1.82) is 0 Å². The van der Waals surface area contributed by atoms with Crippen LogP contribution in [0.3, 0.4) is 0 Å². The third kappa shape index (κ3) is 5.07. The molecule has 0 aliphatic rings. The van der Waals surface area contributed by atoms with Gasteiger partial charge in [0.25, 0.3) is 5.24 Å². The summed E-state index contributed by atoms with van der Waals surface area (Å²) in [4.78, 5) is 37.8. The summed E-state index contributed by atoms with van der Waals surface area (Å²) in [5.74, 6) is -2.31. The van der Waals surface area contributed by atoms with Gasteiger partial charge in [0, 0.05) is 5.75 Å². The fourth-order valence-electron chi connectivity index (χ4n) is 1.54. The van der Waals surface area contributed by atoms with Crippen molar-refractivity contribution in [3.8, 4) is 0 Å². The predicted octanol–water partition coefficient (Wildman–Crippen LogP) is 0.890. The molecule has 0 atom stereocenters. The van der Waals surface area contributed by atoms with Gasteiger partial charge in [-0.25, -0.2) is 4.79 Å². The number of hydrogen-bond acceptors (Lipinski definition) is 7. The monoisotopic (exact) mass is 311 g/mol. The number of ether oxygens (including phenoxy) is 1. The van der Waals surface area contributed by atoms with Crippen molar-refractivity contribution < 1.29 is 24.2 Å². The number of hydrogen-bond donors (Lipinski definition) is 1. The summed E-state index contributed by atoms with van der Waals surface area (Å²) in [6.07, 6.45) is 0. The largest absolute Gasteiger partial charge is 0.549 e. The zero-order chi connectivity index (χ0) is 16.0. The van der Waals surface area contributed by atoms with E-state index in [4.69, 9.17) is 4.74 Å². The summed E-state index contributed by atoms with van der Waals surface area (Å²) in [6, 6.07) is 1.47. The molecule has 1 N–H and O–H groups in total. The number of anilines is 1. The van der Waals surface area contributed by atoms with Gasteiger partial charge in [0.2, 0.25) is 0 Å². The molecule has 7 nitrogen and oxygen atoms in total. The molecule has 114 valence electrons. The van der Waals surface area contributed by atoms with E-state index >= 15 is 0 Å². The number of carbonyl (C=O) groups is 3. The molecule has 0 unspecified atom stereocenters. The number of esters is 1. The first kappa shape index (κ1) is 17.0. The maximum Gasteiger partial charge on any atom is 0.340 e. The molecule has 0 saturated carbocycles. The summed E-state index contributed by atoms with van der Waals surface area (Å²) in [7, 11) is 0. The van der Waals surface area contributed by atoms with Gasteiger partial charge in [0.1, 0.15) is 0 Å². The summed E-state index contributed by atoms with van der Waals surface area (Å²) < 4.78 is 4.90. The van der Waals surface area contributed by atoms with Gasteiger partial charge in [0.15, 0.2) is 0 Å². The molecule has 0 bridgehead atoms. The molecule has 8 heteroatoms. The first-order valence-electron chi connectivity index (χ1n) is 6.14. The second kappa shape index (κ2) is 7.63. The Morgan fingerprint density at radius 2 is 2.00 bits per heavy atom. The van der Waals surface area contributed by atoms with E-state index in [1.807, 2.05) is 0 Å². The normalized spacial score (nSPS) is 10.0. The number of aryl methyl sites for hydroxylation is 2. The molecule has 0 aliphatic carbocycles. The van der Waals surface area contributed by atoms with Crippen molar-refractivity contribution in [2.24, 2.45) is 0 Å². The van der Waals surface area contributed by atoms with Crippen LogP contribution in [-0.4, -0.2) is 34.5 Å². The Morgan fingerprint density at radius 1 is 1.33 bits per heavy atom. The van der Waals surface area contributed by atoms with E-state index in [1.54, 1.807) is 20.8 Å². The maximum atomic E-state index is 11.8. The van der Waals surface area contributed by atoms with E-state index in [0.29, 0.717) is 28.8 Å². The van der Waals surface area contributed by atoms with E-state index in [-0.39, 0.29) is 12.2 Å². The van der Waals surface area contributed by atoms with Gasteiger partial charge in [-0.05, 0) is 26.8 Å². The fourth-order valence-corrected chi connectivity index (χ4v) is 1.97. The van der Waals surface area contributed by atoms with Crippen molar-refractivity contribution in [2.45, 2.75) is 20.8 Å². The topological polar surface area (TPSA) is 108 Å². The first-order chi connectivity index (χ1) is 9.85. The minimum atomic E-state index is -1.33. The van der Waals surface area contributed by atoms with Crippen molar-refractivity contribution in [3.63, 3.8) is 0 Å². The molecule has 0 aliphatic heterocycles. The summed E-state index contributed by atoms with van der Waals surface area (Å²) in [6.45, 7) is 5.25.